The van der Waals surface area contributed by atoms with Crippen molar-refractivity contribution in [1.82, 2.24) is 4.90 Å². The van der Waals surface area contributed by atoms with E-state index >= 15 is 0 Å². The second-order valence-electron chi connectivity index (χ2n) is 4.43. The van der Waals surface area contributed by atoms with E-state index in [4.69, 9.17) is 0 Å². The third-order valence-electron chi connectivity index (χ3n) is 3.10. The molecule has 0 spiro atoms. The lowest BCUT2D eigenvalue weighted by Crippen LogP contribution is -2.38. The maximum Gasteiger partial charge on any atom is 0.315 e. The van der Waals surface area contributed by atoms with Crippen LogP contribution in [0.3, 0.4) is 0 Å². The zero-order valence-corrected chi connectivity index (χ0v) is 10.2. The molecule has 1 aliphatic rings. The lowest BCUT2D eigenvalue weighted by Gasteiger charge is -2.26. The lowest BCUT2D eigenvalue weighted by molar-refractivity contribution is -0.142. The van der Waals surface area contributed by atoms with Crippen molar-refractivity contribution in [3.05, 3.63) is 41.5 Å². The number of alkyl halides is 2. The minimum absolute atomic E-state index is 0.270. The van der Waals surface area contributed by atoms with Crippen molar-refractivity contribution < 1.29 is 13.6 Å². The first kappa shape index (κ1) is 12.7. The molecule has 4 heteroatoms. The highest BCUT2D eigenvalue weighted by Crippen LogP contribution is 2.23. The second-order valence-corrected chi connectivity index (χ2v) is 4.43. The van der Waals surface area contributed by atoms with Crippen LogP contribution in [0.25, 0.3) is 5.57 Å². The van der Waals surface area contributed by atoms with E-state index in [0.29, 0.717) is 13.0 Å². The van der Waals surface area contributed by atoms with Gasteiger partial charge in [0.2, 0.25) is 0 Å². The lowest BCUT2D eigenvalue weighted by atomic mass is 9.98. The quantitative estimate of drug-likeness (QED) is 0.791. The molecule has 1 heterocycles. The number of hydrogen-bond donors (Lipinski definition) is 0. The Morgan fingerprint density at radius 1 is 1.39 bits per heavy atom. The minimum Gasteiger partial charge on any atom is -0.334 e. The largest absolute Gasteiger partial charge is 0.334 e. The van der Waals surface area contributed by atoms with E-state index in [1.807, 2.05) is 31.2 Å². The van der Waals surface area contributed by atoms with Crippen molar-refractivity contribution >= 4 is 11.5 Å². The number of rotatable bonds is 2. The van der Waals surface area contributed by atoms with Gasteiger partial charge in [0, 0.05) is 13.1 Å². The summed E-state index contributed by atoms with van der Waals surface area (Å²) in [7, 11) is 0. The van der Waals surface area contributed by atoms with Gasteiger partial charge in [-0.05, 0) is 24.5 Å². The van der Waals surface area contributed by atoms with Crippen LogP contribution in [0.15, 0.2) is 30.3 Å². The van der Waals surface area contributed by atoms with E-state index in [1.165, 1.54) is 10.5 Å². The van der Waals surface area contributed by atoms with Crippen LogP contribution >= 0.6 is 0 Å². The number of amides is 1. The highest BCUT2D eigenvalue weighted by Gasteiger charge is 2.24. The summed E-state index contributed by atoms with van der Waals surface area (Å²) in [5, 5.41) is 0. The first-order chi connectivity index (χ1) is 8.58. The van der Waals surface area contributed by atoms with E-state index in [2.05, 4.69) is 6.07 Å². The predicted molar refractivity (Wildman–Crippen MR) is 66.4 cm³/mol. The molecule has 2 rings (SSSR count). The molecule has 2 nitrogen and oxygen atoms in total. The van der Waals surface area contributed by atoms with Gasteiger partial charge in [0.15, 0.2) is 0 Å². The predicted octanol–water partition coefficient (Wildman–Crippen LogP) is 2.88. The Morgan fingerprint density at radius 3 is 2.72 bits per heavy atom. The Balaban J connectivity index is 2.09. The molecule has 1 aromatic carbocycles. The molecule has 0 saturated heterocycles. The Hall–Kier alpha value is -1.71. The highest BCUT2D eigenvalue weighted by molar-refractivity contribution is 5.81. The van der Waals surface area contributed by atoms with Crippen LogP contribution in [0.1, 0.15) is 17.5 Å². The van der Waals surface area contributed by atoms with Crippen LogP contribution in [0, 0.1) is 6.92 Å². The smallest absolute Gasteiger partial charge is 0.315 e. The fourth-order valence-electron chi connectivity index (χ4n) is 2.11. The summed E-state index contributed by atoms with van der Waals surface area (Å²) in [5.41, 5.74) is 3.40. The average molecular weight is 251 g/mol. The van der Waals surface area contributed by atoms with Gasteiger partial charge >= 0.3 is 6.43 Å². The maximum atomic E-state index is 12.3. The molecule has 0 aromatic heterocycles. The van der Waals surface area contributed by atoms with Crippen molar-refractivity contribution in [3.8, 4) is 0 Å². The second kappa shape index (κ2) is 5.29. The number of benzene rings is 1. The van der Waals surface area contributed by atoms with Gasteiger partial charge in [0.05, 0.1) is 0 Å². The highest BCUT2D eigenvalue weighted by atomic mass is 19.3. The zero-order valence-electron chi connectivity index (χ0n) is 10.2. The molecule has 0 saturated carbocycles. The molecule has 0 unspecified atom stereocenters. The van der Waals surface area contributed by atoms with Gasteiger partial charge in [-0.15, -0.1) is 0 Å². The monoisotopic (exact) mass is 251 g/mol. The van der Waals surface area contributed by atoms with Crippen molar-refractivity contribution in [1.29, 1.82) is 0 Å². The van der Waals surface area contributed by atoms with Crippen LogP contribution in [0.4, 0.5) is 8.78 Å². The van der Waals surface area contributed by atoms with Gasteiger partial charge in [-0.25, -0.2) is 0 Å². The Kier molecular flexibility index (Phi) is 3.75. The Labute approximate surface area is 105 Å². The van der Waals surface area contributed by atoms with Gasteiger partial charge in [-0.2, -0.15) is 8.78 Å². The normalized spacial score (nSPS) is 15.8. The SMILES string of the molecule is Cc1cccc(C2=CCN(C(=O)C(F)F)CC2)c1. The Bertz CT molecular complexity index is 482. The molecule has 0 bridgehead atoms. The average Bonchev–Trinajstić information content (AvgIpc) is 2.38. The molecule has 1 aromatic rings. The van der Waals surface area contributed by atoms with Crippen molar-refractivity contribution in [2.75, 3.05) is 13.1 Å². The van der Waals surface area contributed by atoms with Gasteiger partial charge in [0.1, 0.15) is 0 Å². The summed E-state index contributed by atoms with van der Waals surface area (Å²) in [6.07, 6.45) is -0.417. The van der Waals surface area contributed by atoms with E-state index < -0.39 is 12.3 Å². The summed E-state index contributed by atoms with van der Waals surface area (Å²) in [6, 6.07) is 8.06. The van der Waals surface area contributed by atoms with Gasteiger partial charge in [-0.1, -0.05) is 35.9 Å². The van der Waals surface area contributed by atoms with Gasteiger partial charge in [-0.3, -0.25) is 4.79 Å². The van der Waals surface area contributed by atoms with Crippen LogP contribution in [0.2, 0.25) is 0 Å². The molecule has 96 valence electrons. The summed E-state index contributed by atoms with van der Waals surface area (Å²) >= 11 is 0. The van der Waals surface area contributed by atoms with Crippen molar-refractivity contribution in [3.63, 3.8) is 0 Å². The molecule has 0 radical (unpaired) electrons. The first-order valence-electron chi connectivity index (χ1n) is 5.91. The van der Waals surface area contributed by atoms with Gasteiger partial charge in [0.25, 0.3) is 5.91 Å². The fraction of sp³-hybridized carbons (Fsp3) is 0.357. The number of carbonyl (C=O) groups is 1. The van der Waals surface area contributed by atoms with E-state index in [0.717, 1.165) is 11.1 Å². The molecule has 0 atom stereocenters. The molecular weight excluding hydrogens is 236 g/mol. The van der Waals surface area contributed by atoms with E-state index in [9.17, 15) is 13.6 Å². The molecule has 0 aliphatic carbocycles. The topological polar surface area (TPSA) is 20.3 Å². The Morgan fingerprint density at radius 2 is 2.17 bits per heavy atom. The van der Waals surface area contributed by atoms with E-state index in [-0.39, 0.29) is 6.54 Å². The first-order valence-corrected chi connectivity index (χ1v) is 5.91. The van der Waals surface area contributed by atoms with Crippen molar-refractivity contribution in [2.45, 2.75) is 19.8 Å². The summed E-state index contributed by atoms with van der Waals surface area (Å²) in [6.45, 7) is 2.65. The molecule has 18 heavy (non-hydrogen) atoms. The number of halogens is 2. The van der Waals surface area contributed by atoms with E-state index in [1.54, 1.807) is 0 Å². The molecule has 0 N–H and O–H groups in total. The fourth-order valence-corrected chi connectivity index (χ4v) is 2.11. The van der Waals surface area contributed by atoms with Gasteiger partial charge < -0.3 is 4.90 Å². The number of hydrogen-bond acceptors (Lipinski definition) is 1. The number of aryl methyl sites for hydroxylation is 1. The summed E-state index contributed by atoms with van der Waals surface area (Å²) in [4.78, 5) is 12.3. The summed E-state index contributed by atoms with van der Waals surface area (Å²) in [5.74, 6) is -1.07. The third-order valence-corrected chi connectivity index (χ3v) is 3.10. The molecule has 1 aliphatic heterocycles. The minimum atomic E-state index is -2.90. The zero-order chi connectivity index (χ0) is 13.1. The third kappa shape index (κ3) is 2.75. The molecule has 0 fully saturated rings. The summed E-state index contributed by atoms with van der Waals surface area (Å²) < 4.78 is 24.5. The molecular formula is C14H15F2NO. The number of nitrogens with zero attached hydrogens (tertiary/aromatic N) is 1. The van der Waals surface area contributed by atoms with Crippen molar-refractivity contribution in [2.24, 2.45) is 0 Å². The number of carbonyl (C=O) groups excluding carboxylic acids is 1. The van der Waals surface area contributed by atoms with Crippen LogP contribution < -0.4 is 0 Å². The maximum absolute atomic E-state index is 12.3. The van der Waals surface area contributed by atoms with Crippen LogP contribution in [-0.2, 0) is 4.79 Å². The molecule has 1 amide bonds. The van der Waals surface area contributed by atoms with Crippen LogP contribution in [-0.4, -0.2) is 30.3 Å². The van der Waals surface area contributed by atoms with Crippen LogP contribution in [0.5, 0.6) is 0 Å². The standard InChI is InChI=1S/C14H15F2NO/c1-10-3-2-4-12(9-10)11-5-7-17(8-6-11)14(18)13(15)16/h2-5,9,13H,6-8H2,1H3.